The van der Waals surface area contributed by atoms with Gasteiger partial charge in [0.15, 0.2) is 5.69 Å². The summed E-state index contributed by atoms with van der Waals surface area (Å²) in [4.78, 5) is 22.8. The fourth-order valence-corrected chi connectivity index (χ4v) is 2.88. The molecule has 146 valence electrons. The van der Waals surface area contributed by atoms with Crippen molar-refractivity contribution in [3.63, 3.8) is 0 Å². The lowest BCUT2D eigenvalue weighted by molar-refractivity contribution is -0.384. The standard InChI is InChI=1S/C17H17BrN6O4/c1-10-16(18)11(2)23(20-10)9-22-7-6-14(21-22)17(25)19-13-5-4-12(24(26)27)8-15(13)28-3/h4-8H,9H2,1-3H3,(H,19,25). The van der Waals surface area contributed by atoms with E-state index in [1.54, 1.807) is 21.6 Å². The van der Waals surface area contributed by atoms with Gasteiger partial charge in [0, 0.05) is 12.3 Å². The Balaban J connectivity index is 1.76. The molecule has 0 saturated heterocycles. The highest BCUT2D eigenvalue weighted by atomic mass is 79.9. The number of nitro groups is 1. The van der Waals surface area contributed by atoms with Crippen LogP contribution in [0.25, 0.3) is 0 Å². The van der Waals surface area contributed by atoms with Gasteiger partial charge in [-0.05, 0) is 41.9 Å². The second kappa shape index (κ2) is 7.80. The van der Waals surface area contributed by atoms with Crippen LogP contribution in [0.15, 0.2) is 34.9 Å². The van der Waals surface area contributed by atoms with Crippen molar-refractivity contribution in [1.29, 1.82) is 0 Å². The van der Waals surface area contributed by atoms with Crippen LogP contribution in [0.4, 0.5) is 11.4 Å². The van der Waals surface area contributed by atoms with Gasteiger partial charge in [-0.25, -0.2) is 4.68 Å². The van der Waals surface area contributed by atoms with E-state index < -0.39 is 10.8 Å². The van der Waals surface area contributed by atoms with Crippen molar-refractivity contribution in [2.24, 2.45) is 0 Å². The molecule has 0 aliphatic rings. The van der Waals surface area contributed by atoms with Crippen LogP contribution >= 0.6 is 15.9 Å². The Hall–Kier alpha value is -3.21. The van der Waals surface area contributed by atoms with Gasteiger partial charge in [-0.2, -0.15) is 10.2 Å². The number of methoxy groups -OCH3 is 1. The number of non-ortho nitro benzene ring substituents is 1. The number of carbonyl (C=O) groups excluding carboxylic acids is 1. The second-order valence-corrected chi connectivity index (χ2v) is 6.76. The van der Waals surface area contributed by atoms with Crippen LogP contribution in [0.1, 0.15) is 21.9 Å². The summed E-state index contributed by atoms with van der Waals surface area (Å²) in [5.74, 6) is -0.269. The molecular weight excluding hydrogens is 432 g/mol. The molecule has 2 aromatic heterocycles. The molecular formula is C17H17BrN6O4. The monoisotopic (exact) mass is 448 g/mol. The van der Waals surface area contributed by atoms with Crippen molar-refractivity contribution >= 4 is 33.2 Å². The van der Waals surface area contributed by atoms with Crippen molar-refractivity contribution in [2.75, 3.05) is 12.4 Å². The van der Waals surface area contributed by atoms with Gasteiger partial charge in [-0.15, -0.1) is 0 Å². The first kappa shape index (κ1) is 19.5. The van der Waals surface area contributed by atoms with Crippen molar-refractivity contribution in [3.05, 3.63) is 62.1 Å². The van der Waals surface area contributed by atoms with Gasteiger partial charge >= 0.3 is 0 Å². The van der Waals surface area contributed by atoms with Crippen LogP contribution in [0, 0.1) is 24.0 Å². The highest BCUT2D eigenvalue weighted by Gasteiger charge is 2.16. The van der Waals surface area contributed by atoms with E-state index in [9.17, 15) is 14.9 Å². The quantitative estimate of drug-likeness (QED) is 0.457. The summed E-state index contributed by atoms with van der Waals surface area (Å²) in [5.41, 5.74) is 2.20. The number of nitrogens with zero attached hydrogens (tertiary/aromatic N) is 5. The molecule has 0 fully saturated rings. The smallest absolute Gasteiger partial charge is 0.276 e. The zero-order valence-corrected chi connectivity index (χ0v) is 16.9. The van der Waals surface area contributed by atoms with Gasteiger partial charge in [0.2, 0.25) is 0 Å². The van der Waals surface area contributed by atoms with E-state index >= 15 is 0 Å². The second-order valence-electron chi connectivity index (χ2n) is 5.96. The maximum atomic E-state index is 12.5. The van der Waals surface area contributed by atoms with Crippen LogP contribution < -0.4 is 10.1 Å². The Labute approximate surface area is 168 Å². The van der Waals surface area contributed by atoms with E-state index in [4.69, 9.17) is 4.74 Å². The molecule has 11 heteroatoms. The number of hydrogen-bond acceptors (Lipinski definition) is 6. The zero-order valence-electron chi connectivity index (χ0n) is 15.3. The third-order valence-corrected chi connectivity index (χ3v) is 5.24. The number of nitro benzene ring substituents is 1. The molecule has 3 rings (SSSR count). The number of aryl methyl sites for hydroxylation is 1. The van der Waals surface area contributed by atoms with Crippen molar-refractivity contribution in [3.8, 4) is 5.75 Å². The molecule has 3 aromatic rings. The summed E-state index contributed by atoms with van der Waals surface area (Å²) in [6.07, 6.45) is 1.67. The van der Waals surface area contributed by atoms with Gasteiger partial charge < -0.3 is 10.1 Å². The highest BCUT2D eigenvalue weighted by molar-refractivity contribution is 9.10. The number of rotatable bonds is 6. The molecule has 0 aliphatic heterocycles. The number of nitrogens with one attached hydrogen (secondary N) is 1. The largest absolute Gasteiger partial charge is 0.494 e. The molecule has 10 nitrogen and oxygen atoms in total. The number of ether oxygens (including phenoxy) is 1. The fourth-order valence-electron chi connectivity index (χ4n) is 2.59. The highest BCUT2D eigenvalue weighted by Crippen LogP contribution is 2.29. The molecule has 1 aromatic carbocycles. The fraction of sp³-hybridized carbons (Fsp3) is 0.235. The average molecular weight is 449 g/mol. The first-order chi connectivity index (χ1) is 13.3. The Morgan fingerprint density at radius 2 is 2.07 bits per heavy atom. The summed E-state index contributed by atoms with van der Waals surface area (Å²) in [7, 11) is 1.37. The maximum Gasteiger partial charge on any atom is 0.276 e. The van der Waals surface area contributed by atoms with Crippen molar-refractivity contribution in [1.82, 2.24) is 19.6 Å². The summed E-state index contributed by atoms with van der Waals surface area (Å²) < 4.78 is 9.42. The SMILES string of the molecule is COc1cc([N+](=O)[O-])ccc1NC(=O)c1ccn(Cn2nc(C)c(Br)c2C)n1. The first-order valence-corrected chi connectivity index (χ1v) is 8.96. The van der Waals surface area contributed by atoms with E-state index in [0.717, 1.165) is 15.9 Å². The Morgan fingerprint density at radius 3 is 2.68 bits per heavy atom. The van der Waals surface area contributed by atoms with E-state index in [2.05, 4.69) is 31.4 Å². The molecule has 0 unspecified atom stereocenters. The topological polar surface area (TPSA) is 117 Å². The molecule has 0 atom stereocenters. The number of benzene rings is 1. The zero-order chi connectivity index (χ0) is 20.4. The predicted octanol–water partition coefficient (Wildman–Crippen LogP) is 3.13. The number of hydrogen-bond donors (Lipinski definition) is 1. The number of halogens is 1. The lowest BCUT2D eigenvalue weighted by Gasteiger charge is -2.09. The van der Waals surface area contributed by atoms with Crippen molar-refractivity contribution in [2.45, 2.75) is 20.5 Å². The van der Waals surface area contributed by atoms with Gasteiger partial charge in [0.1, 0.15) is 12.4 Å². The normalized spacial score (nSPS) is 10.7. The molecule has 0 spiro atoms. The Bertz CT molecular complexity index is 1060. The van der Waals surface area contributed by atoms with Gasteiger partial charge in [0.25, 0.3) is 11.6 Å². The molecule has 2 heterocycles. The molecule has 1 amide bonds. The Morgan fingerprint density at radius 1 is 1.32 bits per heavy atom. The minimum Gasteiger partial charge on any atom is -0.494 e. The van der Waals surface area contributed by atoms with Crippen LogP contribution in [-0.2, 0) is 6.67 Å². The van der Waals surface area contributed by atoms with Crippen LogP contribution in [0.5, 0.6) is 5.75 Å². The van der Waals surface area contributed by atoms with Gasteiger partial charge in [0.05, 0.1) is 39.6 Å². The van der Waals surface area contributed by atoms with E-state index in [-0.39, 0.29) is 17.1 Å². The Kier molecular flexibility index (Phi) is 5.45. The molecule has 1 N–H and O–H groups in total. The summed E-state index contributed by atoms with van der Waals surface area (Å²) in [6.45, 7) is 4.18. The van der Waals surface area contributed by atoms with Crippen LogP contribution in [0.2, 0.25) is 0 Å². The number of carbonyl (C=O) groups is 1. The van der Waals surface area contributed by atoms with E-state index in [1.807, 2.05) is 13.8 Å². The van der Waals surface area contributed by atoms with Crippen LogP contribution in [0.3, 0.4) is 0 Å². The maximum absolute atomic E-state index is 12.5. The molecule has 0 aliphatic carbocycles. The number of anilines is 1. The van der Waals surface area contributed by atoms with Crippen molar-refractivity contribution < 1.29 is 14.5 Å². The summed E-state index contributed by atoms with van der Waals surface area (Å²) in [6, 6.07) is 5.53. The lowest BCUT2D eigenvalue weighted by atomic mass is 10.2. The van der Waals surface area contributed by atoms with Gasteiger partial charge in [-0.1, -0.05) is 0 Å². The minimum atomic E-state index is -0.535. The number of aromatic nitrogens is 4. The van der Waals surface area contributed by atoms with Gasteiger partial charge in [-0.3, -0.25) is 19.6 Å². The lowest BCUT2D eigenvalue weighted by Crippen LogP contribution is -2.16. The van der Waals surface area contributed by atoms with E-state index in [0.29, 0.717) is 12.4 Å². The molecule has 28 heavy (non-hydrogen) atoms. The number of amides is 1. The van der Waals surface area contributed by atoms with Crippen LogP contribution in [-0.4, -0.2) is 37.5 Å². The molecule has 0 saturated carbocycles. The summed E-state index contributed by atoms with van der Waals surface area (Å²) >= 11 is 3.48. The average Bonchev–Trinajstić information content (AvgIpc) is 3.23. The third-order valence-electron chi connectivity index (χ3n) is 4.09. The third kappa shape index (κ3) is 3.88. The predicted molar refractivity (Wildman–Crippen MR) is 105 cm³/mol. The molecule has 0 radical (unpaired) electrons. The van der Waals surface area contributed by atoms with E-state index in [1.165, 1.54) is 25.3 Å². The molecule has 0 bridgehead atoms. The summed E-state index contributed by atoms with van der Waals surface area (Å²) in [5, 5.41) is 22.2. The minimum absolute atomic E-state index is 0.129. The first-order valence-electron chi connectivity index (χ1n) is 8.17.